The summed E-state index contributed by atoms with van der Waals surface area (Å²) in [5.74, 6) is 0.445. The maximum atomic E-state index is 13.6. The topological polar surface area (TPSA) is 119 Å². The van der Waals surface area contributed by atoms with Crippen LogP contribution in [-0.2, 0) is 14.3 Å². The summed E-state index contributed by atoms with van der Waals surface area (Å²) in [6.45, 7) is 7.48. The molecule has 0 bridgehead atoms. The molecule has 5 aliphatic rings. The van der Waals surface area contributed by atoms with Crippen LogP contribution in [0.5, 0.6) is 0 Å². The van der Waals surface area contributed by atoms with E-state index in [1.54, 1.807) is 18.9 Å². The summed E-state index contributed by atoms with van der Waals surface area (Å²) in [5.41, 5.74) is -0.507. The summed E-state index contributed by atoms with van der Waals surface area (Å²) in [6, 6.07) is 0.203. The van der Waals surface area contributed by atoms with Gasteiger partial charge in [0.2, 0.25) is 11.8 Å². The van der Waals surface area contributed by atoms with Crippen molar-refractivity contribution in [1.82, 2.24) is 36.8 Å². The number of alkyl halides is 2. The van der Waals surface area contributed by atoms with E-state index in [0.717, 1.165) is 12.8 Å². The average molecular weight is 579 g/mol. The second-order valence-corrected chi connectivity index (χ2v) is 13.7. The van der Waals surface area contributed by atoms with Gasteiger partial charge in [-0.2, -0.15) is 0 Å². The number of carbonyl (C=O) groups is 2. The van der Waals surface area contributed by atoms with Crippen LogP contribution < -0.4 is 31.9 Å². The van der Waals surface area contributed by atoms with Crippen molar-refractivity contribution in [2.24, 2.45) is 17.8 Å². The molecule has 210 valence electrons. The molecular weight excluding hydrogens is 537 g/mol. The number of piperidine rings is 2. The number of hydrogen-bond acceptors (Lipinski definition) is 9. The van der Waals surface area contributed by atoms with Crippen molar-refractivity contribution in [1.29, 1.82) is 0 Å². The number of thioether (sulfide) groups is 1. The average Bonchev–Trinajstić information content (AvgIpc) is 3.43. The lowest BCUT2D eigenvalue weighted by atomic mass is 9.70. The SMILES string of the molecule is COC1CNC(Cl)CC1C1CC(C)NCC1C(=O)NC1NC2CN(C(=O)C3NC(Cl)CNC3C)CC2S1. The number of piperazine rings is 1. The van der Waals surface area contributed by atoms with Gasteiger partial charge in [-0.1, -0.05) is 0 Å². The van der Waals surface area contributed by atoms with E-state index in [1.165, 1.54) is 0 Å². The molecule has 6 N–H and O–H groups in total. The third-order valence-corrected chi connectivity index (χ3v) is 10.8. The van der Waals surface area contributed by atoms with Crippen molar-refractivity contribution in [2.75, 3.05) is 39.8 Å². The first-order valence-electron chi connectivity index (χ1n) is 13.5. The van der Waals surface area contributed by atoms with E-state index in [-0.39, 0.29) is 75.5 Å². The zero-order valence-electron chi connectivity index (χ0n) is 21.7. The Morgan fingerprint density at radius 2 is 1.78 bits per heavy atom. The van der Waals surface area contributed by atoms with Gasteiger partial charge in [-0.3, -0.25) is 25.5 Å². The number of rotatable bonds is 5. The molecule has 0 aliphatic carbocycles. The van der Waals surface area contributed by atoms with E-state index in [2.05, 4.69) is 38.8 Å². The molecule has 10 nitrogen and oxygen atoms in total. The molecule has 13 heteroatoms. The number of carbonyl (C=O) groups excluding carboxylic acids is 2. The Bertz CT molecular complexity index is 832. The van der Waals surface area contributed by atoms with E-state index in [4.69, 9.17) is 27.9 Å². The molecule has 5 fully saturated rings. The smallest absolute Gasteiger partial charge is 0.241 e. The van der Waals surface area contributed by atoms with Crippen molar-refractivity contribution in [3.63, 3.8) is 0 Å². The van der Waals surface area contributed by atoms with Crippen molar-refractivity contribution in [3.8, 4) is 0 Å². The van der Waals surface area contributed by atoms with Gasteiger partial charge in [0.05, 0.1) is 23.0 Å². The summed E-state index contributed by atoms with van der Waals surface area (Å²) in [6.07, 6.45) is 1.76. The summed E-state index contributed by atoms with van der Waals surface area (Å²) >= 11 is 14.4. The highest BCUT2D eigenvalue weighted by Gasteiger charge is 2.48. The van der Waals surface area contributed by atoms with Gasteiger partial charge in [0.15, 0.2) is 0 Å². The fourth-order valence-corrected chi connectivity index (χ4v) is 8.66. The van der Waals surface area contributed by atoms with E-state index in [9.17, 15) is 9.59 Å². The van der Waals surface area contributed by atoms with Gasteiger partial charge in [-0.15, -0.1) is 35.0 Å². The lowest BCUT2D eigenvalue weighted by Gasteiger charge is -2.45. The van der Waals surface area contributed by atoms with Crippen molar-refractivity contribution < 1.29 is 14.3 Å². The van der Waals surface area contributed by atoms with Gasteiger partial charge in [-0.05, 0) is 38.5 Å². The largest absolute Gasteiger partial charge is 0.380 e. The summed E-state index contributed by atoms with van der Waals surface area (Å²) in [7, 11) is 1.74. The number of likely N-dealkylation sites (tertiary alicyclic amines) is 1. The number of ether oxygens (including phenoxy) is 1. The molecule has 5 heterocycles. The van der Waals surface area contributed by atoms with E-state index in [1.807, 2.05) is 11.8 Å². The molecule has 12 atom stereocenters. The fourth-order valence-electron chi connectivity index (χ4n) is 6.73. The maximum absolute atomic E-state index is 13.6. The first-order chi connectivity index (χ1) is 17.7. The molecule has 0 radical (unpaired) electrons. The second-order valence-electron chi connectivity index (χ2n) is 11.3. The quantitative estimate of drug-likeness (QED) is 0.192. The molecule has 2 amide bonds. The van der Waals surface area contributed by atoms with E-state index < -0.39 is 0 Å². The molecule has 0 aromatic rings. The number of amides is 2. The second kappa shape index (κ2) is 12.0. The van der Waals surface area contributed by atoms with Crippen LogP contribution in [0.3, 0.4) is 0 Å². The van der Waals surface area contributed by atoms with Crippen LogP contribution in [0.15, 0.2) is 0 Å². The molecule has 12 unspecified atom stereocenters. The van der Waals surface area contributed by atoms with Gasteiger partial charge in [-0.25, -0.2) is 0 Å². The van der Waals surface area contributed by atoms with Gasteiger partial charge in [0.1, 0.15) is 11.5 Å². The van der Waals surface area contributed by atoms with Crippen molar-refractivity contribution in [3.05, 3.63) is 0 Å². The normalized spacial score (nSPS) is 46.5. The first kappa shape index (κ1) is 28.2. The number of nitrogens with one attached hydrogen (secondary N) is 6. The van der Waals surface area contributed by atoms with Gasteiger partial charge >= 0.3 is 0 Å². The third kappa shape index (κ3) is 6.20. The zero-order chi connectivity index (χ0) is 26.3. The Morgan fingerprint density at radius 1 is 0.973 bits per heavy atom. The predicted molar refractivity (Wildman–Crippen MR) is 146 cm³/mol. The molecule has 5 aliphatic heterocycles. The molecule has 5 rings (SSSR count). The van der Waals surface area contributed by atoms with Gasteiger partial charge < -0.3 is 25.6 Å². The Labute approximate surface area is 233 Å². The van der Waals surface area contributed by atoms with Crippen molar-refractivity contribution in [2.45, 2.75) is 78.7 Å². The Morgan fingerprint density at radius 3 is 2.54 bits per heavy atom. The minimum atomic E-state index is -0.327. The minimum Gasteiger partial charge on any atom is -0.380 e. The van der Waals surface area contributed by atoms with Crippen LogP contribution in [0.4, 0.5) is 0 Å². The highest BCUT2D eigenvalue weighted by molar-refractivity contribution is 8.00. The van der Waals surface area contributed by atoms with Crippen LogP contribution in [0.2, 0.25) is 0 Å². The fraction of sp³-hybridized carbons (Fsp3) is 0.917. The minimum absolute atomic E-state index is 0.0297. The Hall–Kier alpha value is -0.370. The number of fused-ring (bicyclic) bond motifs is 1. The predicted octanol–water partition coefficient (Wildman–Crippen LogP) is -0.380. The number of nitrogens with zero attached hydrogens (tertiary/aromatic N) is 1. The molecule has 5 saturated heterocycles. The van der Waals surface area contributed by atoms with Crippen LogP contribution in [0.1, 0.15) is 26.7 Å². The van der Waals surface area contributed by atoms with Gasteiger partial charge in [0.25, 0.3) is 0 Å². The summed E-state index contributed by atoms with van der Waals surface area (Å²) in [4.78, 5) is 28.7. The molecule has 0 spiro atoms. The third-order valence-electron chi connectivity index (χ3n) is 8.79. The Kier molecular flexibility index (Phi) is 9.15. The van der Waals surface area contributed by atoms with Crippen LogP contribution in [-0.4, -0.2) is 109 Å². The summed E-state index contributed by atoms with van der Waals surface area (Å²) < 4.78 is 5.80. The molecule has 0 aromatic carbocycles. The highest BCUT2D eigenvalue weighted by atomic mass is 35.5. The van der Waals surface area contributed by atoms with E-state index >= 15 is 0 Å². The first-order valence-corrected chi connectivity index (χ1v) is 15.3. The summed E-state index contributed by atoms with van der Waals surface area (Å²) in [5, 5.41) is 20.4. The Balaban J connectivity index is 1.16. The highest BCUT2D eigenvalue weighted by Crippen LogP contribution is 2.38. The number of hydrogen-bond donors (Lipinski definition) is 6. The molecular formula is C24H41Cl2N7O3S. The molecule has 37 heavy (non-hydrogen) atoms. The lowest BCUT2D eigenvalue weighted by molar-refractivity contribution is -0.134. The van der Waals surface area contributed by atoms with Crippen LogP contribution in [0, 0.1) is 17.8 Å². The maximum Gasteiger partial charge on any atom is 0.241 e. The van der Waals surface area contributed by atoms with E-state index in [0.29, 0.717) is 38.8 Å². The number of methoxy groups -OCH3 is 1. The standard InChI is InChI=1S/C24H41Cl2N7O3S/c1-11-4-13(14-5-19(25)29-7-17(14)36-3)15(6-27-11)22(34)32-24-30-16-9-33(10-18(16)37-24)23(35)21-12(2)28-8-20(26)31-21/h11-21,24,27-31H,4-10H2,1-3H3,(H,32,34). The zero-order valence-corrected chi connectivity index (χ0v) is 24.0. The molecule has 0 aromatic heterocycles. The van der Waals surface area contributed by atoms with Crippen LogP contribution in [0.25, 0.3) is 0 Å². The lowest BCUT2D eigenvalue weighted by Crippen LogP contribution is -2.63. The van der Waals surface area contributed by atoms with Crippen molar-refractivity contribution >= 4 is 46.8 Å². The monoisotopic (exact) mass is 577 g/mol. The van der Waals surface area contributed by atoms with Crippen LogP contribution >= 0.6 is 35.0 Å². The van der Waals surface area contributed by atoms with Gasteiger partial charge in [0, 0.05) is 63.2 Å². The molecule has 0 saturated carbocycles. The number of halogens is 2.